The molecule has 4 aromatic rings. The van der Waals surface area contributed by atoms with Crippen LogP contribution in [0.3, 0.4) is 0 Å². The number of amides is 2. The standard InChI is InChI=1S/C25H26N4O4/c1-3-16-9-10-22-18(11-16)19(14-33-22)24(31)27-12-20(17-7-5-4-6-8-17)28-25(32)23(30)21-13-26-15-29(21)2/h4-11,13-15,20,23,30H,3,12H2,1-2H3,(H,27,31)(H,28,32). The molecule has 33 heavy (non-hydrogen) atoms. The van der Waals surface area contributed by atoms with Crippen LogP contribution in [0.2, 0.25) is 0 Å². The molecule has 2 aromatic carbocycles. The zero-order valence-electron chi connectivity index (χ0n) is 18.5. The first-order valence-electron chi connectivity index (χ1n) is 10.8. The number of benzene rings is 2. The van der Waals surface area contributed by atoms with Gasteiger partial charge in [0.2, 0.25) is 0 Å². The number of carbonyl (C=O) groups excluding carboxylic acids is 2. The Balaban J connectivity index is 1.51. The van der Waals surface area contributed by atoms with Crippen LogP contribution in [-0.2, 0) is 18.3 Å². The minimum Gasteiger partial charge on any atom is -0.463 e. The molecule has 2 aromatic heterocycles. The number of nitrogens with one attached hydrogen (secondary N) is 2. The van der Waals surface area contributed by atoms with Gasteiger partial charge in [-0.05, 0) is 29.7 Å². The van der Waals surface area contributed by atoms with Crippen molar-refractivity contribution in [3.8, 4) is 0 Å². The van der Waals surface area contributed by atoms with E-state index in [2.05, 4.69) is 15.6 Å². The van der Waals surface area contributed by atoms with E-state index in [-0.39, 0.29) is 12.5 Å². The smallest absolute Gasteiger partial charge is 0.255 e. The van der Waals surface area contributed by atoms with Crippen molar-refractivity contribution >= 4 is 22.8 Å². The normalized spacial score (nSPS) is 12.9. The fraction of sp³-hybridized carbons (Fsp3) is 0.240. The lowest BCUT2D eigenvalue weighted by Crippen LogP contribution is -2.40. The minimum absolute atomic E-state index is 0.132. The molecule has 0 spiro atoms. The Morgan fingerprint density at radius 1 is 1.18 bits per heavy atom. The number of hydrogen-bond donors (Lipinski definition) is 3. The van der Waals surface area contributed by atoms with E-state index in [0.29, 0.717) is 16.8 Å². The number of aliphatic hydroxyl groups is 1. The van der Waals surface area contributed by atoms with Crippen LogP contribution in [0.25, 0.3) is 11.0 Å². The number of rotatable bonds is 8. The van der Waals surface area contributed by atoms with Crippen molar-refractivity contribution in [2.75, 3.05) is 6.54 Å². The fourth-order valence-electron chi connectivity index (χ4n) is 3.72. The molecule has 0 radical (unpaired) electrons. The summed E-state index contributed by atoms with van der Waals surface area (Å²) in [5.41, 5.74) is 3.36. The monoisotopic (exact) mass is 446 g/mol. The molecule has 0 aliphatic heterocycles. The van der Waals surface area contributed by atoms with Gasteiger partial charge in [-0.25, -0.2) is 4.98 Å². The molecular weight excluding hydrogens is 420 g/mol. The van der Waals surface area contributed by atoms with Crippen LogP contribution in [0, 0.1) is 0 Å². The first kappa shape index (κ1) is 22.3. The second kappa shape index (κ2) is 9.70. The molecule has 2 amide bonds. The fourth-order valence-corrected chi connectivity index (χ4v) is 3.72. The van der Waals surface area contributed by atoms with Gasteiger partial charge >= 0.3 is 0 Å². The largest absolute Gasteiger partial charge is 0.463 e. The van der Waals surface area contributed by atoms with Gasteiger partial charge in [-0.3, -0.25) is 9.59 Å². The Kier molecular flexibility index (Phi) is 6.55. The van der Waals surface area contributed by atoms with E-state index in [1.54, 1.807) is 11.6 Å². The van der Waals surface area contributed by atoms with Crippen LogP contribution >= 0.6 is 0 Å². The minimum atomic E-state index is -1.38. The molecule has 2 unspecified atom stereocenters. The number of aromatic nitrogens is 2. The van der Waals surface area contributed by atoms with Gasteiger partial charge in [0.25, 0.3) is 11.8 Å². The van der Waals surface area contributed by atoms with Crippen LogP contribution in [0.1, 0.15) is 46.2 Å². The van der Waals surface area contributed by atoms with Crippen molar-refractivity contribution in [1.29, 1.82) is 0 Å². The maximum absolute atomic E-state index is 13.0. The second-order valence-electron chi connectivity index (χ2n) is 7.85. The molecule has 2 heterocycles. The summed E-state index contributed by atoms with van der Waals surface area (Å²) in [5.74, 6) is -0.882. The molecule has 0 aliphatic rings. The number of carbonyl (C=O) groups is 2. The van der Waals surface area contributed by atoms with E-state index in [1.807, 2.05) is 55.5 Å². The van der Waals surface area contributed by atoms with Gasteiger partial charge in [0.1, 0.15) is 11.8 Å². The molecule has 0 saturated heterocycles. The van der Waals surface area contributed by atoms with E-state index in [4.69, 9.17) is 4.42 Å². The molecule has 8 nitrogen and oxygen atoms in total. The van der Waals surface area contributed by atoms with Gasteiger partial charge < -0.3 is 24.7 Å². The maximum atomic E-state index is 13.0. The average molecular weight is 447 g/mol. The van der Waals surface area contributed by atoms with Gasteiger partial charge in [0, 0.05) is 19.0 Å². The predicted octanol–water partition coefficient (Wildman–Crippen LogP) is 3.05. The summed E-state index contributed by atoms with van der Waals surface area (Å²) < 4.78 is 7.12. The van der Waals surface area contributed by atoms with Crippen LogP contribution in [0.4, 0.5) is 0 Å². The van der Waals surface area contributed by atoms with Gasteiger partial charge in [0.15, 0.2) is 6.10 Å². The highest BCUT2D eigenvalue weighted by atomic mass is 16.3. The molecule has 0 fully saturated rings. The summed E-state index contributed by atoms with van der Waals surface area (Å²) >= 11 is 0. The summed E-state index contributed by atoms with van der Waals surface area (Å²) in [6, 6.07) is 14.5. The van der Waals surface area contributed by atoms with E-state index >= 15 is 0 Å². The first-order valence-corrected chi connectivity index (χ1v) is 10.8. The predicted molar refractivity (Wildman–Crippen MR) is 123 cm³/mol. The Morgan fingerprint density at radius 2 is 1.97 bits per heavy atom. The van der Waals surface area contributed by atoms with E-state index in [9.17, 15) is 14.7 Å². The highest BCUT2D eigenvalue weighted by molar-refractivity contribution is 6.06. The molecular formula is C25H26N4O4. The number of aliphatic hydroxyl groups excluding tert-OH is 1. The highest BCUT2D eigenvalue weighted by Crippen LogP contribution is 2.23. The van der Waals surface area contributed by atoms with Crippen molar-refractivity contribution in [2.45, 2.75) is 25.5 Å². The summed E-state index contributed by atoms with van der Waals surface area (Å²) in [4.78, 5) is 29.7. The molecule has 0 bridgehead atoms. The van der Waals surface area contributed by atoms with Crippen molar-refractivity contribution in [1.82, 2.24) is 20.2 Å². The molecule has 0 aliphatic carbocycles. The Bertz CT molecular complexity index is 1260. The van der Waals surface area contributed by atoms with Gasteiger partial charge in [0.05, 0.1) is 29.8 Å². The third-order valence-electron chi connectivity index (χ3n) is 5.66. The summed E-state index contributed by atoms with van der Waals surface area (Å²) in [7, 11) is 1.70. The number of fused-ring (bicyclic) bond motifs is 1. The molecule has 3 N–H and O–H groups in total. The molecule has 2 atom stereocenters. The van der Waals surface area contributed by atoms with E-state index < -0.39 is 18.1 Å². The van der Waals surface area contributed by atoms with E-state index in [0.717, 1.165) is 22.9 Å². The highest BCUT2D eigenvalue weighted by Gasteiger charge is 2.25. The lowest BCUT2D eigenvalue weighted by molar-refractivity contribution is -0.130. The zero-order valence-corrected chi connectivity index (χ0v) is 18.5. The lowest BCUT2D eigenvalue weighted by atomic mass is 10.1. The van der Waals surface area contributed by atoms with Gasteiger partial charge in [-0.15, -0.1) is 0 Å². The second-order valence-corrected chi connectivity index (χ2v) is 7.85. The quantitative estimate of drug-likeness (QED) is 0.385. The number of imidazole rings is 1. The first-order chi connectivity index (χ1) is 16.0. The van der Waals surface area contributed by atoms with Crippen LogP contribution in [0.15, 0.2) is 71.7 Å². The van der Waals surface area contributed by atoms with Crippen molar-refractivity contribution in [2.24, 2.45) is 7.05 Å². The number of hydrogen-bond acceptors (Lipinski definition) is 5. The zero-order chi connectivity index (χ0) is 23.4. The van der Waals surface area contributed by atoms with Crippen LogP contribution in [0.5, 0.6) is 0 Å². The maximum Gasteiger partial charge on any atom is 0.255 e. The third-order valence-corrected chi connectivity index (χ3v) is 5.66. The molecule has 170 valence electrons. The van der Waals surface area contributed by atoms with Gasteiger partial charge in [-0.2, -0.15) is 0 Å². The van der Waals surface area contributed by atoms with E-state index in [1.165, 1.54) is 18.8 Å². The Hall–Kier alpha value is -3.91. The molecule has 8 heteroatoms. The summed E-state index contributed by atoms with van der Waals surface area (Å²) in [6.45, 7) is 2.18. The third kappa shape index (κ3) is 4.80. The topological polar surface area (TPSA) is 109 Å². The Labute approximate surface area is 191 Å². The van der Waals surface area contributed by atoms with Crippen molar-refractivity contribution in [3.05, 3.63) is 89.7 Å². The lowest BCUT2D eigenvalue weighted by Gasteiger charge is -2.21. The summed E-state index contributed by atoms with van der Waals surface area (Å²) in [6.07, 6.45) is 3.87. The summed E-state index contributed by atoms with van der Waals surface area (Å²) in [5, 5.41) is 17.0. The molecule has 4 rings (SSSR count). The SMILES string of the molecule is CCc1ccc2occ(C(=O)NCC(NC(=O)C(O)c3cncn3C)c3ccccc3)c2c1. The van der Waals surface area contributed by atoms with Crippen LogP contribution in [-0.4, -0.2) is 33.0 Å². The number of furan rings is 1. The Morgan fingerprint density at radius 3 is 2.67 bits per heavy atom. The van der Waals surface area contributed by atoms with Crippen molar-refractivity contribution in [3.63, 3.8) is 0 Å². The number of nitrogens with zero attached hydrogens (tertiary/aromatic N) is 2. The average Bonchev–Trinajstić information content (AvgIpc) is 3.47. The van der Waals surface area contributed by atoms with Crippen LogP contribution < -0.4 is 10.6 Å². The molecule has 0 saturated carbocycles. The number of aryl methyl sites for hydroxylation is 2. The van der Waals surface area contributed by atoms with Crippen molar-refractivity contribution < 1.29 is 19.1 Å². The van der Waals surface area contributed by atoms with Gasteiger partial charge in [-0.1, -0.05) is 43.3 Å².